The Labute approximate surface area is 97.8 Å². The molecule has 0 aromatic heterocycles. The van der Waals surface area contributed by atoms with E-state index in [1.807, 2.05) is 6.92 Å². The Morgan fingerprint density at radius 2 is 1.76 bits per heavy atom. The Hall–Kier alpha value is -1.23. The molecule has 0 unspecified atom stereocenters. The lowest BCUT2D eigenvalue weighted by Crippen LogP contribution is -2.44. The lowest BCUT2D eigenvalue weighted by molar-refractivity contribution is 0.0504. The fraction of sp³-hybridized carbons (Fsp3) is 0.500. The molecule has 2 nitrogen and oxygen atoms in total. The van der Waals surface area contributed by atoms with Crippen LogP contribution in [0.2, 0.25) is 0 Å². The quantitative estimate of drug-likeness (QED) is 0.809. The largest absolute Gasteiger partial charge is 0.484 e. The molecule has 1 saturated heterocycles. The molecule has 1 heterocycles. The van der Waals surface area contributed by atoms with E-state index in [0.717, 1.165) is 25.2 Å². The molecule has 5 heteroatoms. The molecule has 0 atom stereocenters. The number of ether oxygens (including phenoxy) is 1. The van der Waals surface area contributed by atoms with E-state index in [2.05, 4.69) is 5.32 Å². The van der Waals surface area contributed by atoms with Crippen molar-refractivity contribution in [3.05, 3.63) is 29.6 Å². The van der Waals surface area contributed by atoms with Crippen LogP contribution in [-0.2, 0) is 0 Å². The molecule has 0 amide bonds. The average Bonchev–Trinajstić information content (AvgIpc) is 2.31. The van der Waals surface area contributed by atoms with Crippen molar-refractivity contribution in [2.75, 3.05) is 13.1 Å². The molecule has 0 radical (unpaired) electrons. The highest BCUT2D eigenvalue weighted by molar-refractivity contribution is 5.27. The SMILES string of the molecule is CC1(Oc2ccc(F)c(F)c2F)CCNCC1. The van der Waals surface area contributed by atoms with Crippen molar-refractivity contribution < 1.29 is 17.9 Å². The normalized spacial score (nSPS) is 19.1. The summed E-state index contributed by atoms with van der Waals surface area (Å²) in [7, 11) is 0. The van der Waals surface area contributed by atoms with Gasteiger partial charge in [-0.05, 0) is 45.0 Å². The summed E-state index contributed by atoms with van der Waals surface area (Å²) in [5.74, 6) is -4.18. The maximum absolute atomic E-state index is 13.4. The van der Waals surface area contributed by atoms with Crippen LogP contribution >= 0.6 is 0 Å². The van der Waals surface area contributed by atoms with Crippen LogP contribution < -0.4 is 10.1 Å². The molecule has 1 aliphatic heterocycles. The molecular formula is C12H14F3NO. The number of hydrogen-bond acceptors (Lipinski definition) is 2. The highest BCUT2D eigenvalue weighted by Crippen LogP contribution is 2.29. The predicted molar refractivity (Wildman–Crippen MR) is 57.5 cm³/mol. The third-order valence-electron chi connectivity index (χ3n) is 3.02. The maximum atomic E-state index is 13.4. The van der Waals surface area contributed by atoms with Crippen LogP contribution in [0.3, 0.4) is 0 Å². The first-order valence-corrected chi connectivity index (χ1v) is 5.55. The second kappa shape index (κ2) is 4.56. The zero-order chi connectivity index (χ0) is 12.5. The van der Waals surface area contributed by atoms with Crippen molar-refractivity contribution in [1.82, 2.24) is 5.32 Å². The van der Waals surface area contributed by atoms with Gasteiger partial charge in [-0.2, -0.15) is 4.39 Å². The van der Waals surface area contributed by atoms with Gasteiger partial charge in [-0.15, -0.1) is 0 Å². The van der Waals surface area contributed by atoms with E-state index in [9.17, 15) is 13.2 Å². The van der Waals surface area contributed by atoms with Crippen LogP contribution in [0.15, 0.2) is 12.1 Å². The number of nitrogens with one attached hydrogen (secondary N) is 1. The standard InChI is InChI=1S/C12H14F3NO/c1-12(4-6-16-7-5-12)17-9-3-2-8(13)10(14)11(9)15/h2-3,16H,4-7H2,1H3. The summed E-state index contributed by atoms with van der Waals surface area (Å²) < 4.78 is 44.7. The first-order chi connectivity index (χ1) is 8.02. The van der Waals surface area contributed by atoms with Gasteiger partial charge in [0.1, 0.15) is 5.60 Å². The second-order valence-corrected chi connectivity index (χ2v) is 4.48. The summed E-state index contributed by atoms with van der Waals surface area (Å²) in [4.78, 5) is 0. The van der Waals surface area contributed by atoms with Gasteiger partial charge in [-0.1, -0.05) is 0 Å². The fourth-order valence-electron chi connectivity index (χ4n) is 1.91. The molecule has 2 rings (SSSR count). The fourth-order valence-corrected chi connectivity index (χ4v) is 1.91. The highest BCUT2D eigenvalue weighted by atomic mass is 19.2. The molecule has 0 bridgehead atoms. The summed E-state index contributed by atoms with van der Waals surface area (Å²) in [6.45, 7) is 3.37. The number of halogens is 3. The first-order valence-electron chi connectivity index (χ1n) is 5.55. The second-order valence-electron chi connectivity index (χ2n) is 4.48. The van der Waals surface area contributed by atoms with Crippen LogP contribution in [0.25, 0.3) is 0 Å². The highest BCUT2D eigenvalue weighted by Gasteiger charge is 2.30. The van der Waals surface area contributed by atoms with Crippen LogP contribution in [0.1, 0.15) is 19.8 Å². The first kappa shape index (κ1) is 12.2. The maximum Gasteiger partial charge on any atom is 0.203 e. The number of rotatable bonds is 2. The zero-order valence-corrected chi connectivity index (χ0v) is 9.53. The third kappa shape index (κ3) is 2.54. The zero-order valence-electron chi connectivity index (χ0n) is 9.53. The molecule has 1 aliphatic rings. The lowest BCUT2D eigenvalue weighted by Gasteiger charge is -2.34. The van der Waals surface area contributed by atoms with E-state index >= 15 is 0 Å². The van der Waals surface area contributed by atoms with Gasteiger partial charge in [-0.3, -0.25) is 0 Å². The van der Waals surface area contributed by atoms with Gasteiger partial charge < -0.3 is 10.1 Å². The number of benzene rings is 1. The number of piperidine rings is 1. The van der Waals surface area contributed by atoms with Crippen molar-refractivity contribution in [2.24, 2.45) is 0 Å². The summed E-state index contributed by atoms with van der Waals surface area (Å²) in [5.41, 5.74) is -0.531. The van der Waals surface area contributed by atoms with E-state index in [4.69, 9.17) is 4.74 Å². The van der Waals surface area contributed by atoms with E-state index in [1.165, 1.54) is 0 Å². The summed E-state index contributed by atoms with van der Waals surface area (Å²) in [6.07, 6.45) is 1.40. The number of hydrogen-bond donors (Lipinski definition) is 1. The van der Waals surface area contributed by atoms with Crippen molar-refractivity contribution in [3.63, 3.8) is 0 Å². The Morgan fingerprint density at radius 1 is 1.12 bits per heavy atom. The average molecular weight is 245 g/mol. The molecule has 1 aromatic carbocycles. The summed E-state index contributed by atoms with van der Waals surface area (Å²) >= 11 is 0. The van der Waals surface area contributed by atoms with Crippen LogP contribution in [-0.4, -0.2) is 18.7 Å². The van der Waals surface area contributed by atoms with E-state index < -0.39 is 23.1 Å². The minimum absolute atomic E-state index is 0.228. The van der Waals surface area contributed by atoms with Gasteiger partial charge in [0.05, 0.1) is 0 Å². The summed E-state index contributed by atoms with van der Waals surface area (Å²) in [5, 5.41) is 3.15. The Kier molecular flexibility index (Phi) is 3.28. The van der Waals surface area contributed by atoms with Gasteiger partial charge in [0.2, 0.25) is 5.82 Å². The predicted octanol–water partition coefficient (Wildman–Crippen LogP) is 2.62. The molecular weight excluding hydrogens is 231 g/mol. The molecule has 17 heavy (non-hydrogen) atoms. The Morgan fingerprint density at radius 3 is 2.41 bits per heavy atom. The topological polar surface area (TPSA) is 21.3 Å². The van der Waals surface area contributed by atoms with E-state index in [0.29, 0.717) is 12.8 Å². The monoisotopic (exact) mass is 245 g/mol. The van der Waals surface area contributed by atoms with Gasteiger partial charge in [-0.25, -0.2) is 8.78 Å². The van der Waals surface area contributed by atoms with Crippen molar-refractivity contribution in [3.8, 4) is 5.75 Å². The van der Waals surface area contributed by atoms with Crippen molar-refractivity contribution in [1.29, 1.82) is 0 Å². The molecule has 0 aliphatic carbocycles. The van der Waals surface area contributed by atoms with E-state index in [-0.39, 0.29) is 5.75 Å². The van der Waals surface area contributed by atoms with Crippen LogP contribution in [0.4, 0.5) is 13.2 Å². The molecule has 1 N–H and O–H groups in total. The molecule has 1 aromatic rings. The smallest absolute Gasteiger partial charge is 0.203 e. The van der Waals surface area contributed by atoms with Crippen molar-refractivity contribution in [2.45, 2.75) is 25.4 Å². The minimum atomic E-state index is -1.49. The van der Waals surface area contributed by atoms with Crippen LogP contribution in [0, 0.1) is 17.5 Å². The summed E-state index contributed by atoms with van der Waals surface area (Å²) in [6, 6.07) is 2.00. The minimum Gasteiger partial charge on any atom is -0.484 e. The van der Waals surface area contributed by atoms with Crippen LogP contribution in [0.5, 0.6) is 5.75 Å². The molecule has 0 saturated carbocycles. The van der Waals surface area contributed by atoms with Gasteiger partial charge in [0.25, 0.3) is 0 Å². The Balaban J connectivity index is 2.21. The molecule has 0 spiro atoms. The van der Waals surface area contributed by atoms with Gasteiger partial charge in [0, 0.05) is 0 Å². The van der Waals surface area contributed by atoms with Gasteiger partial charge >= 0.3 is 0 Å². The molecule has 1 fully saturated rings. The third-order valence-corrected chi connectivity index (χ3v) is 3.02. The van der Waals surface area contributed by atoms with Crippen molar-refractivity contribution >= 4 is 0 Å². The lowest BCUT2D eigenvalue weighted by atomic mass is 9.94. The van der Waals surface area contributed by atoms with Gasteiger partial charge in [0.15, 0.2) is 17.4 Å². The molecule has 94 valence electrons. The van der Waals surface area contributed by atoms with E-state index in [1.54, 1.807) is 0 Å². The Bertz CT molecular complexity index is 416.